The van der Waals surface area contributed by atoms with Gasteiger partial charge in [-0.3, -0.25) is 0 Å². The van der Waals surface area contributed by atoms with Crippen molar-refractivity contribution in [3.63, 3.8) is 0 Å². The maximum atomic E-state index is 6.13. The Morgan fingerprint density at radius 3 is 2.56 bits per heavy atom. The van der Waals surface area contributed by atoms with Crippen LogP contribution in [0.25, 0.3) is 0 Å². The van der Waals surface area contributed by atoms with Gasteiger partial charge in [-0.05, 0) is 25.0 Å². The number of nitrogens with zero attached hydrogens (tertiary/aromatic N) is 2. The van der Waals surface area contributed by atoms with Crippen LogP contribution in [0.2, 0.25) is 5.02 Å². The first kappa shape index (κ1) is 12.8. The molecule has 0 atom stereocenters. The molecule has 1 aromatic carbocycles. The summed E-state index contributed by atoms with van der Waals surface area (Å²) in [6.07, 6.45) is 1.46. The van der Waals surface area contributed by atoms with Crippen LogP contribution in [0.5, 0.6) is 0 Å². The van der Waals surface area contributed by atoms with E-state index in [1.807, 2.05) is 31.2 Å². The summed E-state index contributed by atoms with van der Waals surface area (Å²) in [5, 5.41) is 0.733. The molecule has 18 heavy (non-hydrogen) atoms. The lowest BCUT2D eigenvalue weighted by molar-refractivity contribution is 0.913. The van der Waals surface area contributed by atoms with Crippen molar-refractivity contribution in [3.05, 3.63) is 51.9 Å². The highest BCUT2D eigenvalue weighted by Gasteiger charge is 2.09. The smallest absolute Gasteiger partial charge is 0.135 e. The first-order valence-electron chi connectivity index (χ1n) is 5.97. The zero-order valence-corrected chi connectivity index (χ0v) is 11.3. The molecule has 0 saturated heterocycles. The molecule has 0 saturated carbocycles. The van der Waals surface area contributed by atoms with E-state index in [1.165, 1.54) is 0 Å². The Morgan fingerprint density at radius 2 is 1.94 bits per heavy atom. The summed E-state index contributed by atoms with van der Waals surface area (Å²) < 4.78 is 0. The van der Waals surface area contributed by atoms with Crippen molar-refractivity contribution in [2.24, 2.45) is 0 Å². The number of aryl methyl sites for hydroxylation is 1. The molecule has 1 aromatic heterocycles. The summed E-state index contributed by atoms with van der Waals surface area (Å²) in [5.74, 6) is 1.29. The van der Waals surface area contributed by atoms with Crippen molar-refractivity contribution in [1.29, 1.82) is 0 Å². The molecule has 0 spiro atoms. The number of rotatable bonds is 3. The van der Waals surface area contributed by atoms with Crippen LogP contribution in [0, 0.1) is 6.92 Å². The lowest BCUT2D eigenvalue weighted by atomic mass is 10.1. The molecular formula is C14H16ClN3. The summed E-state index contributed by atoms with van der Waals surface area (Å²) in [5.41, 5.74) is 8.93. The Hall–Kier alpha value is -1.61. The number of hydrogen-bond acceptors (Lipinski definition) is 3. The fourth-order valence-electron chi connectivity index (χ4n) is 2.01. The Morgan fingerprint density at radius 1 is 1.22 bits per heavy atom. The molecule has 2 N–H and O–H groups in total. The normalized spacial score (nSPS) is 10.6. The SMILES string of the molecule is CCc1c(C)nc(Cc2ccccc2Cl)nc1N. The minimum absolute atomic E-state index is 0.576. The molecule has 0 aliphatic carbocycles. The molecule has 0 unspecified atom stereocenters. The van der Waals surface area contributed by atoms with Crippen LogP contribution in [0.15, 0.2) is 24.3 Å². The first-order chi connectivity index (χ1) is 8.61. The number of benzene rings is 1. The second-order valence-electron chi connectivity index (χ2n) is 4.21. The Balaban J connectivity index is 2.34. The quantitative estimate of drug-likeness (QED) is 0.923. The average molecular weight is 262 g/mol. The standard InChI is InChI=1S/C14H16ClN3/c1-3-11-9(2)17-13(18-14(11)16)8-10-6-4-5-7-12(10)15/h4-7H,3,8H2,1-2H3,(H2,16,17,18). The fourth-order valence-corrected chi connectivity index (χ4v) is 2.21. The molecule has 2 rings (SSSR count). The zero-order chi connectivity index (χ0) is 13.1. The molecule has 4 heteroatoms. The van der Waals surface area contributed by atoms with Gasteiger partial charge in [0, 0.05) is 22.7 Å². The monoisotopic (exact) mass is 261 g/mol. The molecule has 0 aliphatic heterocycles. The molecule has 94 valence electrons. The van der Waals surface area contributed by atoms with Gasteiger partial charge >= 0.3 is 0 Å². The van der Waals surface area contributed by atoms with E-state index in [9.17, 15) is 0 Å². The van der Waals surface area contributed by atoms with Crippen molar-refractivity contribution in [1.82, 2.24) is 9.97 Å². The van der Waals surface area contributed by atoms with Crippen LogP contribution in [-0.4, -0.2) is 9.97 Å². The van der Waals surface area contributed by atoms with Gasteiger partial charge in [0.1, 0.15) is 11.6 Å². The lowest BCUT2D eigenvalue weighted by Crippen LogP contribution is -2.07. The lowest BCUT2D eigenvalue weighted by Gasteiger charge is -2.09. The van der Waals surface area contributed by atoms with Crippen molar-refractivity contribution < 1.29 is 0 Å². The minimum Gasteiger partial charge on any atom is -0.383 e. The number of halogens is 1. The highest BCUT2D eigenvalue weighted by atomic mass is 35.5. The molecule has 0 amide bonds. The van der Waals surface area contributed by atoms with E-state index in [4.69, 9.17) is 17.3 Å². The van der Waals surface area contributed by atoms with Gasteiger partial charge in [-0.15, -0.1) is 0 Å². The minimum atomic E-state index is 0.576. The van der Waals surface area contributed by atoms with Gasteiger partial charge in [0.15, 0.2) is 0 Å². The molecule has 0 aliphatic rings. The summed E-state index contributed by atoms with van der Waals surface area (Å²) in [6.45, 7) is 4.02. The third kappa shape index (κ3) is 2.62. The maximum Gasteiger partial charge on any atom is 0.135 e. The van der Waals surface area contributed by atoms with E-state index >= 15 is 0 Å². The van der Waals surface area contributed by atoms with E-state index in [0.29, 0.717) is 12.2 Å². The van der Waals surface area contributed by atoms with Gasteiger partial charge in [0.25, 0.3) is 0 Å². The van der Waals surface area contributed by atoms with Gasteiger partial charge in [0.05, 0.1) is 0 Å². The summed E-state index contributed by atoms with van der Waals surface area (Å²) >= 11 is 6.13. The van der Waals surface area contributed by atoms with Gasteiger partial charge in [-0.25, -0.2) is 9.97 Å². The molecule has 0 bridgehead atoms. The van der Waals surface area contributed by atoms with Gasteiger partial charge < -0.3 is 5.73 Å². The second-order valence-corrected chi connectivity index (χ2v) is 4.62. The molecule has 1 heterocycles. The molecule has 3 nitrogen and oxygen atoms in total. The van der Waals surface area contributed by atoms with E-state index in [1.54, 1.807) is 0 Å². The van der Waals surface area contributed by atoms with Crippen molar-refractivity contribution in [2.75, 3.05) is 5.73 Å². The van der Waals surface area contributed by atoms with Crippen molar-refractivity contribution in [2.45, 2.75) is 26.7 Å². The molecule has 2 aromatic rings. The molecular weight excluding hydrogens is 246 g/mol. The predicted octanol–water partition coefficient (Wildman–Crippen LogP) is 3.17. The largest absolute Gasteiger partial charge is 0.383 e. The highest BCUT2D eigenvalue weighted by molar-refractivity contribution is 6.31. The van der Waals surface area contributed by atoms with Crippen LogP contribution in [0.4, 0.5) is 5.82 Å². The topological polar surface area (TPSA) is 51.8 Å². The highest BCUT2D eigenvalue weighted by Crippen LogP contribution is 2.19. The number of nitrogen functional groups attached to an aromatic ring is 1. The van der Waals surface area contributed by atoms with Crippen LogP contribution >= 0.6 is 11.6 Å². The van der Waals surface area contributed by atoms with Crippen molar-refractivity contribution >= 4 is 17.4 Å². The van der Waals surface area contributed by atoms with Gasteiger partial charge in [-0.2, -0.15) is 0 Å². The third-order valence-corrected chi connectivity index (χ3v) is 3.32. The van der Waals surface area contributed by atoms with Gasteiger partial charge in [-0.1, -0.05) is 36.7 Å². The van der Waals surface area contributed by atoms with Crippen LogP contribution in [-0.2, 0) is 12.8 Å². The number of nitrogens with two attached hydrogens (primary N) is 1. The average Bonchev–Trinajstić information content (AvgIpc) is 2.32. The number of aromatic nitrogens is 2. The van der Waals surface area contributed by atoms with E-state index in [0.717, 1.165) is 34.1 Å². The number of hydrogen-bond donors (Lipinski definition) is 1. The van der Waals surface area contributed by atoms with E-state index < -0.39 is 0 Å². The van der Waals surface area contributed by atoms with E-state index in [-0.39, 0.29) is 0 Å². The summed E-state index contributed by atoms with van der Waals surface area (Å²) in [6, 6.07) is 7.71. The summed E-state index contributed by atoms with van der Waals surface area (Å²) in [4.78, 5) is 8.84. The Labute approximate surface area is 112 Å². The predicted molar refractivity (Wildman–Crippen MR) is 74.8 cm³/mol. The fraction of sp³-hybridized carbons (Fsp3) is 0.286. The summed E-state index contributed by atoms with van der Waals surface area (Å²) in [7, 11) is 0. The van der Waals surface area contributed by atoms with Crippen LogP contribution in [0.3, 0.4) is 0 Å². The Bertz CT molecular complexity index is 544. The maximum absolute atomic E-state index is 6.13. The van der Waals surface area contributed by atoms with E-state index in [2.05, 4.69) is 16.9 Å². The third-order valence-electron chi connectivity index (χ3n) is 2.95. The first-order valence-corrected chi connectivity index (χ1v) is 6.35. The van der Waals surface area contributed by atoms with Gasteiger partial charge in [0.2, 0.25) is 0 Å². The van der Waals surface area contributed by atoms with Crippen molar-refractivity contribution in [3.8, 4) is 0 Å². The second kappa shape index (κ2) is 5.36. The molecule has 0 fully saturated rings. The molecule has 0 radical (unpaired) electrons. The zero-order valence-electron chi connectivity index (χ0n) is 10.6. The Kier molecular flexibility index (Phi) is 3.82. The van der Waals surface area contributed by atoms with Crippen LogP contribution in [0.1, 0.15) is 29.6 Å². The number of anilines is 1. The van der Waals surface area contributed by atoms with Crippen LogP contribution < -0.4 is 5.73 Å².